The predicted molar refractivity (Wildman–Crippen MR) is 64.9 cm³/mol. The second-order valence-corrected chi connectivity index (χ2v) is 5.50. The van der Waals surface area contributed by atoms with Crippen LogP contribution in [0.1, 0.15) is 18.7 Å². The molecule has 1 heterocycles. The summed E-state index contributed by atoms with van der Waals surface area (Å²) in [5.41, 5.74) is -0.663. The van der Waals surface area contributed by atoms with Crippen molar-refractivity contribution in [1.82, 2.24) is 5.32 Å². The molecule has 1 aromatic heterocycles. The lowest BCUT2D eigenvalue weighted by Gasteiger charge is -2.23. The van der Waals surface area contributed by atoms with Crippen LogP contribution in [0.15, 0.2) is 15.9 Å². The molecule has 0 radical (unpaired) electrons. The maximum absolute atomic E-state index is 10.1. The van der Waals surface area contributed by atoms with Gasteiger partial charge in [0.05, 0.1) is 5.60 Å². The molecular formula is C10H16BrNOS. The first kappa shape index (κ1) is 12.2. The van der Waals surface area contributed by atoms with Crippen LogP contribution < -0.4 is 5.32 Å². The van der Waals surface area contributed by atoms with E-state index in [2.05, 4.69) is 21.2 Å². The zero-order valence-electron chi connectivity index (χ0n) is 8.51. The van der Waals surface area contributed by atoms with E-state index < -0.39 is 5.60 Å². The molecule has 1 aromatic rings. The molecule has 0 aliphatic rings. The van der Waals surface area contributed by atoms with Crippen molar-refractivity contribution in [2.75, 3.05) is 13.1 Å². The Hall–Kier alpha value is 0.100. The fourth-order valence-electron chi connectivity index (χ4n) is 1.25. The van der Waals surface area contributed by atoms with Crippen LogP contribution >= 0.6 is 27.3 Å². The van der Waals surface area contributed by atoms with Gasteiger partial charge in [0.15, 0.2) is 0 Å². The van der Waals surface area contributed by atoms with Gasteiger partial charge in [-0.1, -0.05) is 6.92 Å². The van der Waals surface area contributed by atoms with E-state index in [9.17, 15) is 5.11 Å². The minimum absolute atomic E-state index is 0.633. The quantitative estimate of drug-likeness (QED) is 0.867. The van der Waals surface area contributed by atoms with Crippen molar-refractivity contribution in [3.05, 3.63) is 20.8 Å². The molecule has 14 heavy (non-hydrogen) atoms. The summed E-state index contributed by atoms with van der Waals surface area (Å²) >= 11 is 5.14. The number of aliphatic hydroxyl groups is 1. The van der Waals surface area contributed by atoms with Gasteiger partial charge in [-0.3, -0.25) is 0 Å². The van der Waals surface area contributed by atoms with E-state index in [4.69, 9.17) is 0 Å². The highest BCUT2D eigenvalue weighted by molar-refractivity contribution is 9.10. The minimum atomic E-state index is -0.663. The van der Waals surface area contributed by atoms with Gasteiger partial charge in [0, 0.05) is 22.3 Å². The third-order valence-electron chi connectivity index (χ3n) is 1.99. The Morgan fingerprint density at radius 3 is 2.86 bits per heavy atom. The summed E-state index contributed by atoms with van der Waals surface area (Å²) in [6.45, 7) is 5.43. The van der Waals surface area contributed by atoms with Gasteiger partial charge < -0.3 is 10.4 Å². The second kappa shape index (κ2) is 5.26. The lowest BCUT2D eigenvalue weighted by molar-refractivity contribution is 0.0614. The summed E-state index contributed by atoms with van der Waals surface area (Å²) in [7, 11) is 0. The average Bonchev–Trinajstić information content (AvgIpc) is 2.48. The molecule has 0 saturated carbocycles. The van der Waals surface area contributed by atoms with Gasteiger partial charge in [-0.2, -0.15) is 0 Å². The van der Waals surface area contributed by atoms with Crippen LogP contribution in [-0.4, -0.2) is 23.8 Å². The maximum Gasteiger partial charge on any atom is 0.0791 e. The SMILES string of the molecule is CCNCC(C)(O)Cc1sccc1Br. The number of likely N-dealkylation sites (N-methyl/N-ethyl adjacent to an activating group) is 1. The van der Waals surface area contributed by atoms with Gasteiger partial charge in [-0.25, -0.2) is 0 Å². The summed E-state index contributed by atoms with van der Waals surface area (Å²) in [6.07, 6.45) is 0.693. The summed E-state index contributed by atoms with van der Waals surface area (Å²) < 4.78 is 1.10. The maximum atomic E-state index is 10.1. The van der Waals surface area contributed by atoms with Crippen molar-refractivity contribution >= 4 is 27.3 Å². The van der Waals surface area contributed by atoms with Crippen LogP contribution in [0.5, 0.6) is 0 Å². The molecule has 4 heteroatoms. The van der Waals surface area contributed by atoms with E-state index in [0.29, 0.717) is 13.0 Å². The van der Waals surface area contributed by atoms with Crippen molar-refractivity contribution in [2.24, 2.45) is 0 Å². The zero-order valence-corrected chi connectivity index (χ0v) is 10.9. The number of hydrogen-bond donors (Lipinski definition) is 2. The largest absolute Gasteiger partial charge is 0.388 e. The molecule has 0 bridgehead atoms. The van der Waals surface area contributed by atoms with E-state index in [-0.39, 0.29) is 0 Å². The van der Waals surface area contributed by atoms with Gasteiger partial charge >= 0.3 is 0 Å². The zero-order chi connectivity index (χ0) is 10.6. The number of hydrogen-bond acceptors (Lipinski definition) is 3. The molecule has 0 spiro atoms. The van der Waals surface area contributed by atoms with Crippen molar-refractivity contribution in [3.8, 4) is 0 Å². The van der Waals surface area contributed by atoms with Crippen LogP contribution in [0.4, 0.5) is 0 Å². The van der Waals surface area contributed by atoms with E-state index >= 15 is 0 Å². The molecule has 1 atom stereocenters. The van der Waals surface area contributed by atoms with Gasteiger partial charge in [-0.15, -0.1) is 11.3 Å². The van der Waals surface area contributed by atoms with E-state index in [1.54, 1.807) is 11.3 Å². The van der Waals surface area contributed by atoms with Crippen LogP contribution in [0.25, 0.3) is 0 Å². The smallest absolute Gasteiger partial charge is 0.0791 e. The molecule has 80 valence electrons. The molecule has 0 aromatic carbocycles. The average molecular weight is 278 g/mol. The fourth-order valence-corrected chi connectivity index (χ4v) is 2.92. The second-order valence-electron chi connectivity index (χ2n) is 3.65. The molecule has 0 fully saturated rings. The Kier molecular flexibility index (Phi) is 4.57. The molecule has 0 aliphatic heterocycles. The molecule has 0 aliphatic carbocycles. The lowest BCUT2D eigenvalue weighted by atomic mass is 10.0. The number of thiophene rings is 1. The Morgan fingerprint density at radius 2 is 2.36 bits per heavy atom. The van der Waals surface area contributed by atoms with Crippen LogP contribution in [0, 0.1) is 0 Å². The summed E-state index contributed by atoms with van der Waals surface area (Å²) in [5.74, 6) is 0. The van der Waals surface area contributed by atoms with Crippen LogP contribution in [-0.2, 0) is 6.42 Å². The van der Waals surface area contributed by atoms with E-state index in [1.807, 2.05) is 25.3 Å². The van der Waals surface area contributed by atoms with Gasteiger partial charge in [-0.05, 0) is 40.8 Å². The minimum Gasteiger partial charge on any atom is -0.388 e. The molecule has 1 rings (SSSR count). The molecule has 2 N–H and O–H groups in total. The standard InChI is InChI=1S/C10H16BrNOS/c1-3-12-7-10(2,13)6-9-8(11)4-5-14-9/h4-5,12-13H,3,6-7H2,1-2H3. The van der Waals surface area contributed by atoms with Gasteiger partial charge in [0.25, 0.3) is 0 Å². The van der Waals surface area contributed by atoms with Gasteiger partial charge in [0.1, 0.15) is 0 Å². The number of nitrogens with one attached hydrogen (secondary N) is 1. The van der Waals surface area contributed by atoms with Crippen molar-refractivity contribution in [1.29, 1.82) is 0 Å². The number of rotatable bonds is 5. The van der Waals surface area contributed by atoms with Crippen molar-refractivity contribution in [3.63, 3.8) is 0 Å². The first-order valence-electron chi connectivity index (χ1n) is 4.70. The summed E-state index contributed by atoms with van der Waals surface area (Å²) in [6, 6.07) is 2.02. The highest BCUT2D eigenvalue weighted by Crippen LogP contribution is 2.26. The molecule has 0 amide bonds. The predicted octanol–water partition coefficient (Wildman–Crippen LogP) is 2.41. The first-order valence-corrected chi connectivity index (χ1v) is 6.37. The molecule has 2 nitrogen and oxygen atoms in total. The highest BCUT2D eigenvalue weighted by Gasteiger charge is 2.21. The molecular weight excluding hydrogens is 262 g/mol. The van der Waals surface area contributed by atoms with Crippen LogP contribution in [0.2, 0.25) is 0 Å². The summed E-state index contributed by atoms with van der Waals surface area (Å²) in [5, 5.41) is 15.3. The Bertz CT molecular complexity index is 285. The van der Waals surface area contributed by atoms with E-state index in [1.165, 1.54) is 4.88 Å². The third-order valence-corrected chi connectivity index (χ3v) is 3.91. The van der Waals surface area contributed by atoms with Gasteiger partial charge in [0.2, 0.25) is 0 Å². The highest BCUT2D eigenvalue weighted by atomic mass is 79.9. The Labute approximate surface area is 97.5 Å². The molecule has 0 saturated heterocycles. The fraction of sp³-hybridized carbons (Fsp3) is 0.600. The molecule has 1 unspecified atom stereocenters. The van der Waals surface area contributed by atoms with Crippen molar-refractivity contribution < 1.29 is 5.11 Å². The first-order chi connectivity index (χ1) is 6.55. The number of halogens is 1. The monoisotopic (exact) mass is 277 g/mol. The van der Waals surface area contributed by atoms with E-state index in [0.717, 1.165) is 11.0 Å². The Morgan fingerprint density at radius 1 is 1.64 bits per heavy atom. The topological polar surface area (TPSA) is 32.3 Å². The lowest BCUT2D eigenvalue weighted by Crippen LogP contribution is -2.39. The Balaban J connectivity index is 2.54. The van der Waals surface area contributed by atoms with Crippen LogP contribution in [0.3, 0.4) is 0 Å². The third kappa shape index (κ3) is 3.69. The summed E-state index contributed by atoms with van der Waals surface area (Å²) in [4.78, 5) is 1.20. The van der Waals surface area contributed by atoms with Crippen molar-refractivity contribution in [2.45, 2.75) is 25.9 Å². The normalized spacial score (nSPS) is 15.4.